The third-order valence-electron chi connectivity index (χ3n) is 8.35. The lowest BCUT2D eigenvalue weighted by Crippen LogP contribution is -2.43. The van der Waals surface area contributed by atoms with Crippen LogP contribution in [0.15, 0.2) is 37.7 Å². The average Bonchev–Trinajstić information content (AvgIpc) is 3.77. The molecular formula is C23H23ClFN9O7P2S2. The van der Waals surface area contributed by atoms with Crippen molar-refractivity contribution in [1.29, 1.82) is 0 Å². The van der Waals surface area contributed by atoms with Gasteiger partial charge in [-0.2, -0.15) is 0 Å². The number of halogens is 2. The fourth-order valence-electron chi connectivity index (χ4n) is 6.07. The van der Waals surface area contributed by atoms with Gasteiger partial charge in [0.1, 0.15) is 30.4 Å². The maximum absolute atomic E-state index is 16.2. The van der Waals surface area contributed by atoms with Crippen molar-refractivity contribution in [2.45, 2.75) is 37.1 Å². The molecule has 3 fully saturated rings. The topological polar surface area (TPSA) is 175 Å². The molecule has 238 valence electrons. The zero-order chi connectivity index (χ0) is 31.1. The number of aromatic nitrogens is 9. The van der Waals surface area contributed by atoms with E-state index in [0.717, 1.165) is 0 Å². The first-order chi connectivity index (χ1) is 21.6. The number of hydrogen-bond donors (Lipinski definition) is 2. The Labute approximate surface area is 268 Å². The summed E-state index contributed by atoms with van der Waals surface area (Å²) in [6.45, 7) is -8.51. The quantitative estimate of drug-likeness (QED) is 0.154. The molecule has 9 atom stereocenters. The van der Waals surface area contributed by atoms with Gasteiger partial charge in [-0.15, -0.1) is 0 Å². The molecule has 3 aliphatic rings. The van der Waals surface area contributed by atoms with Crippen molar-refractivity contribution >= 4 is 77.1 Å². The summed E-state index contributed by atoms with van der Waals surface area (Å²) in [5, 5.41) is 0.213. The van der Waals surface area contributed by atoms with Gasteiger partial charge in [-0.1, -0.05) is 23.8 Å². The smallest absolute Gasteiger partial charge is 0.346 e. The molecule has 1 N–H and O–H groups in total. The molecule has 16 nitrogen and oxygen atoms in total. The zero-order valence-electron chi connectivity index (χ0n) is 22.8. The Bertz CT molecular complexity index is 2030. The van der Waals surface area contributed by atoms with E-state index in [-0.39, 0.29) is 36.2 Å². The maximum Gasteiger partial charge on any atom is 0.386 e. The van der Waals surface area contributed by atoms with Crippen LogP contribution in [0.5, 0.6) is 0 Å². The molecule has 1 aliphatic carbocycles. The number of rotatable bonds is 2. The van der Waals surface area contributed by atoms with Crippen molar-refractivity contribution in [3.63, 3.8) is 0 Å². The zero-order valence-corrected chi connectivity index (χ0v) is 27.0. The number of imidazole rings is 3. The fraction of sp³-hybridized carbons (Fsp3) is 0.478. The summed E-state index contributed by atoms with van der Waals surface area (Å²) in [6, 6.07) is -0.199. The van der Waals surface area contributed by atoms with Crippen molar-refractivity contribution in [2.24, 2.45) is 11.8 Å². The fourth-order valence-corrected chi connectivity index (χ4v) is 8.91. The molecule has 8 rings (SSSR count). The molecule has 0 aromatic carbocycles. The van der Waals surface area contributed by atoms with Crippen LogP contribution >= 0.6 is 37.4 Å². The van der Waals surface area contributed by atoms with Gasteiger partial charge in [-0.25, -0.2) is 38.9 Å². The van der Waals surface area contributed by atoms with Crippen LogP contribution in [0, 0.1) is 11.8 Å². The summed E-state index contributed by atoms with van der Waals surface area (Å²) in [7, 11) is 0. The highest BCUT2D eigenvalue weighted by Gasteiger charge is 2.52. The van der Waals surface area contributed by atoms with Crippen LogP contribution in [0.2, 0.25) is 5.15 Å². The Hall–Kier alpha value is -2.15. The highest BCUT2D eigenvalue weighted by molar-refractivity contribution is 8.44. The van der Waals surface area contributed by atoms with Gasteiger partial charge in [0, 0.05) is 24.4 Å². The van der Waals surface area contributed by atoms with Gasteiger partial charge < -0.3 is 27.8 Å². The monoisotopic (exact) mass is 717 g/mol. The Morgan fingerprint density at radius 3 is 2.62 bits per heavy atom. The van der Waals surface area contributed by atoms with E-state index in [2.05, 4.69) is 42.2 Å². The second-order valence-corrected chi connectivity index (χ2v) is 16.9. The Morgan fingerprint density at radius 1 is 0.978 bits per heavy atom. The molecular weight excluding hydrogens is 695 g/mol. The van der Waals surface area contributed by atoms with Gasteiger partial charge in [-0.05, 0) is 24.1 Å². The molecule has 0 radical (unpaired) electrons. The van der Waals surface area contributed by atoms with Gasteiger partial charge in [0.2, 0.25) is 0 Å². The van der Waals surface area contributed by atoms with E-state index in [4.69, 9.17) is 46.2 Å². The first-order valence-corrected chi connectivity index (χ1v) is 19.3. The molecule has 5 aromatic rings. The van der Waals surface area contributed by atoms with E-state index in [1.165, 1.54) is 23.5 Å². The Balaban J connectivity index is 1.05. The van der Waals surface area contributed by atoms with Crippen LogP contribution in [0.3, 0.4) is 0 Å². The second-order valence-electron chi connectivity index (χ2n) is 10.8. The van der Waals surface area contributed by atoms with Crippen molar-refractivity contribution < 1.29 is 36.7 Å². The SMILES string of the molecule is O=P1(S)OC[C@H]2C[C@@H](n3cnc4c(Cl)ncnc43)[C@@H]2COP(O)(=S)OC[C@H]2O[C@@H](n3cnc4c3ncn3ccnc43)[C@H](F)[C@@H]2O1. The number of ether oxygens (including phenoxy) is 1. The summed E-state index contributed by atoms with van der Waals surface area (Å²) in [5.74, 6) is -0.516. The third-order valence-corrected chi connectivity index (χ3v) is 11.8. The minimum atomic E-state index is -4.14. The highest BCUT2D eigenvalue weighted by atomic mass is 35.5. The van der Waals surface area contributed by atoms with Crippen molar-refractivity contribution in [2.75, 3.05) is 19.8 Å². The molecule has 0 spiro atoms. The van der Waals surface area contributed by atoms with E-state index < -0.39 is 44.7 Å². The molecule has 7 heterocycles. The van der Waals surface area contributed by atoms with Crippen LogP contribution < -0.4 is 0 Å². The van der Waals surface area contributed by atoms with E-state index in [0.29, 0.717) is 34.4 Å². The van der Waals surface area contributed by atoms with Gasteiger partial charge in [0.25, 0.3) is 0 Å². The summed E-state index contributed by atoms with van der Waals surface area (Å²) in [4.78, 5) is 36.5. The molecule has 2 unspecified atom stereocenters. The van der Waals surface area contributed by atoms with Crippen LogP contribution in [-0.2, 0) is 39.2 Å². The minimum absolute atomic E-state index is 0.0268. The lowest BCUT2D eigenvalue weighted by molar-refractivity contribution is -0.0423. The van der Waals surface area contributed by atoms with Gasteiger partial charge in [0.15, 0.2) is 40.0 Å². The number of hydrogen-bond acceptors (Lipinski definition) is 13. The molecule has 22 heteroatoms. The van der Waals surface area contributed by atoms with Crippen molar-refractivity contribution in [3.05, 3.63) is 42.9 Å². The van der Waals surface area contributed by atoms with E-state index in [1.807, 2.05) is 4.57 Å². The standard InChI is InChI=1S/C23H23ClFN9O7P2S2/c24-19-16-21(28-7-27-19)33(9-29-16)13-3-11-4-37-43(36,45)41-18-14(6-39-42(35,44)38-5-12(11)13)40-23(15(18)25)34-10-30-17-20-26-1-2-32(20)8-31-22(17)34/h1-2,7-15,18,23H,3-6H2,(H,35,44)(H,36,45)/t11-,12-,13-,14-,15-,18-,23-,42?,43?/m1/s1. The third kappa shape index (κ3) is 5.31. The summed E-state index contributed by atoms with van der Waals surface area (Å²) in [5.41, 5.74) is 2.21. The molecule has 2 saturated heterocycles. The van der Waals surface area contributed by atoms with Crippen LogP contribution in [0.25, 0.3) is 28.0 Å². The Kier molecular flexibility index (Phi) is 7.54. The van der Waals surface area contributed by atoms with E-state index in [9.17, 15) is 9.46 Å². The van der Waals surface area contributed by atoms with Crippen LogP contribution in [0.1, 0.15) is 18.7 Å². The molecule has 0 bridgehead atoms. The normalized spacial score (nSPS) is 36.2. The van der Waals surface area contributed by atoms with Crippen LogP contribution in [-0.4, -0.2) is 86.5 Å². The minimum Gasteiger partial charge on any atom is -0.346 e. The predicted octanol–water partition coefficient (Wildman–Crippen LogP) is 3.69. The summed E-state index contributed by atoms with van der Waals surface area (Å²) >= 11 is 15.6. The Morgan fingerprint density at radius 2 is 1.76 bits per heavy atom. The molecule has 1 saturated carbocycles. The van der Waals surface area contributed by atoms with Crippen molar-refractivity contribution in [1.82, 2.24) is 43.4 Å². The van der Waals surface area contributed by atoms with Crippen molar-refractivity contribution in [3.8, 4) is 0 Å². The molecule has 45 heavy (non-hydrogen) atoms. The second kappa shape index (κ2) is 11.2. The number of fused-ring (bicyclic) bond motifs is 6. The summed E-state index contributed by atoms with van der Waals surface area (Å²) < 4.78 is 63.3. The predicted molar refractivity (Wildman–Crippen MR) is 162 cm³/mol. The van der Waals surface area contributed by atoms with Gasteiger partial charge in [0.05, 0.1) is 32.5 Å². The lowest BCUT2D eigenvalue weighted by atomic mass is 9.70. The van der Waals surface area contributed by atoms with Gasteiger partial charge >= 0.3 is 13.5 Å². The maximum atomic E-state index is 16.2. The molecule has 0 amide bonds. The van der Waals surface area contributed by atoms with E-state index in [1.54, 1.807) is 23.1 Å². The highest BCUT2D eigenvalue weighted by Crippen LogP contribution is 2.59. The number of thiol groups is 1. The largest absolute Gasteiger partial charge is 0.386 e. The number of alkyl halides is 1. The molecule has 2 aliphatic heterocycles. The van der Waals surface area contributed by atoms with Gasteiger partial charge in [-0.3, -0.25) is 13.5 Å². The summed E-state index contributed by atoms with van der Waals surface area (Å²) in [6.07, 6.45) is 3.79. The van der Waals surface area contributed by atoms with E-state index >= 15 is 4.39 Å². The van der Waals surface area contributed by atoms with Crippen LogP contribution in [0.4, 0.5) is 4.39 Å². The first-order valence-electron chi connectivity index (χ1n) is 13.6. The lowest BCUT2D eigenvalue weighted by Gasteiger charge is -2.45. The number of nitrogens with zero attached hydrogens (tertiary/aromatic N) is 9. The average molecular weight is 718 g/mol. The molecule has 5 aromatic heterocycles. The first kappa shape index (κ1) is 30.2.